The highest BCUT2D eigenvalue weighted by molar-refractivity contribution is 6.34. The number of nitrogens with one attached hydrogen (secondary N) is 1. The van der Waals surface area contributed by atoms with E-state index >= 15 is 0 Å². The molecule has 8 nitrogen and oxygen atoms in total. The molecule has 0 unspecified atom stereocenters. The summed E-state index contributed by atoms with van der Waals surface area (Å²) in [7, 11) is 0. The Hall–Kier alpha value is -2.48. The van der Waals surface area contributed by atoms with Gasteiger partial charge in [-0.1, -0.05) is 11.6 Å². The van der Waals surface area contributed by atoms with Gasteiger partial charge in [0, 0.05) is 12.5 Å². The number of aromatic nitrogens is 4. The van der Waals surface area contributed by atoms with Gasteiger partial charge in [-0.3, -0.25) is 9.59 Å². The van der Waals surface area contributed by atoms with Gasteiger partial charge in [0.1, 0.15) is 6.54 Å². The first-order valence-electron chi connectivity index (χ1n) is 5.59. The van der Waals surface area contributed by atoms with E-state index in [0.717, 1.165) is 4.80 Å². The molecular formula is C11H11ClN6O2. The number of hydrogen-bond donors (Lipinski definition) is 2. The van der Waals surface area contributed by atoms with Gasteiger partial charge in [-0.2, -0.15) is 4.80 Å². The summed E-state index contributed by atoms with van der Waals surface area (Å²) in [6.45, 7) is 1.24. The Kier molecular flexibility index (Phi) is 3.94. The third-order valence-electron chi connectivity index (χ3n) is 2.29. The molecule has 104 valence electrons. The Morgan fingerprint density at radius 3 is 2.80 bits per heavy atom. The van der Waals surface area contributed by atoms with E-state index in [9.17, 15) is 9.59 Å². The Labute approximate surface area is 118 Å². The number of anilines is 1. The molecule has 1 heterocycles. The van der Waals surface area contributed by atoms with E-state index in [-0.39, 0.29) is 12.5 Å². The first-order chi connectivity index (χ1) is 9.45. The fourth-order valence-corrected chi connectivity index (χ4v) is 1.74. The number of benzene rings is 1. The van der Waals surface area contributed by atoms with Gasteiger partial charge >= 0.3 is 0 Å². The van der Waals surface area contributed by atoms with Gasteiger partial charge in [0.05, 0.1) is 10.7 Å². The second-order valence-corrected chi connectivity index (χ2v) is 4.39. The van der Waals surface area contributed by atoms with Crippen molar-refractivity contribution >= 4 is 29.1 Å². The summed E-state index contributed by atoms with van der Waals surface area (Å²) in [5.74, 6) is -0.472. The molecule has 0 radical (unpaired) electrons. The zero-order chi connectivity index (χ0) is 14.7. The summed E-state index contributed by atoms with van der Waals surface area (Å²) in [5, 5.41) is 14.4. The predicted molar refractivity (Wildman–Crippen MR) is 71.8 cm³/mol. The number of carbonyl (C=O) groups is 2. The highest BCUT2D eigenvalue weighted by atomic mass is 35.5. The molecule has 1 aromatic heterocycles. The molecule has 0 aliphatic heterocycles. The van der Waals surface area contributed by atoms with Gasteiger partial charge in [0.2, 0.25) is 17.6 Å². The molecule has 0 aliphatic rings. The van der Waals surface area contributed by atoms with Crippen LogP contribution in [0.5, 0.6) is 0 Å². The van der Waals surface area contributed by atoms with Crippen molar-refractivity contribution in [1.82, 2.24) is 20.2 Å². The smallest absolute Gasteiger partial charge is 0.241 e. The molecule has 0 spiro atoms. The SMILES string of the molecule is CC(=O)Nc1ccc(-c2nnn(CC(N)=O)n2)cc1Cl. The van der Waals surface area contributed by atoms with E-state index in [4.69, 9.17) is 17.3 Å². The molecule has 0 aliphatic carbocycles. The summed E-state index contributed by atoms with van der Waals surface area (Å²) in [6.07, 6.45) is 0. The van der Waals surface area contributed by atoms with Crippen LogP contribution in [0.4, 0.5) is 5.69 Å². The average molecular weight is 295 g/mol. The van der Waals surface area contributed by atoms with Gasteiger partial charge in [-0.15, -0.1) is 10.2 Å². The van der Waals surface area contributed by atoms with Crippen LogP contribution in [0.15, 0.2) is 18.2 Å². The van der Waals surface area contributed by atoms with Crippen LogP contribution in [0.25, 0.3) is 11.4 Å². The van der Waals surface area contributed by atoms with Crippen LogP contribution in [-0.2, 0) is 16.1 Å². The fraction of sp³-hybridized carbons (Fsp3) is 0.182. The lowest BCUT2D eigenvalue weighted by molar-refractivity contribution is -0.119. The normalized spacial score (nSPS) is 10.3. The average Bonchev–Trinajstić information content (AvgIpc) is 2.78. The molecule has 0 saturated carbocycles. The summed E-state index contributed by atoms with van der Waals surface area (Å²) < 4.78 is 0. The van der Waals surface area contributed by atoms with Crippen molar-refractivity contribution in [2.45, 2.75) is 13.5 Å². The van der Waals surface area contributed by atoms with Gasteiger partial charge in [0.15, 0.2) is 0 Å². The maximum absolute atomic E-state index is 11.0. The van der Waals surface area contributed by atoms with Crippen molar-refractivity contribution in [2.24, 2.45) is 5.73 Å². The monoisotopic (exact) mass is 294 g/mol. The number of tetrazole rings is 1. The molecule has 0 atom stereocenters. The number of amides is 2. The number of nitrogens with two attached hydrogens (primary N) is 1. The van der Waals surface area contributed by atoms with E-state index in [0.29, 0.717) is 22.1 Å². The van der Waals surface area contributed by atoms with Gasteiger partial charge < -0.3 is 11.1 Å². The lowest BCUT2D eigenvalue weighted by Crippen LogP contribution is -2.20. The zero-order valence-corrected chi connectivity index (χ0v) is 11.3. The van der Waals surface area contributed by atoms with Crippen molar-refractivity contribution in [3.8, 4) is 11.4 Å². The Morgan fingerprint density at radius 1 is 1.45 bits per heavy atom. The molecule has 0 fully saturated rings. The summed E-state index contributed by atoms with van der Waals surface area (Å²) in [6, 6.07) is 4.91. The molecule has 3 N–H and O–H groups in total. The standard InChI is InChI=1S/C11H11ClN6O2/c1-6(19)14-9-3-2-7(4-8(9)12)11-15-17-18(16-11)5-10(13)20/h2-4H,5H2,1H3,(H2,13,20)(H,14,19). The maximum Gasteiger partial charge on any atom is 0.241 e. The van der Waals surface area contributed by atoms with Gasteiger partial charge in [0.25, 0.3) is 0 Å². The van der Waals surface area contributed by atoms with Crippen LogP contribution >= 0.6 is 11.6 Å². The van der Waals surface area contributed by atoms with Crippen LogP contribution < -0.4 is 11.1 Å². The van der Waals surface area contributed by atoms with Crippen molar-refractivity contribution in [3.05, 3.63) is 23.2 Å². The number of carbonyl (C=O) groups excluding carboxylic acids is 2. The molecule has 0 bridgehead atoms. The van der Waals surface area contributed by atoms with Crippen LogP contribution in [-0.4, -0.2) is 32.0 Å². The number of rotatable bonds is 4. The minimum Gasteiger partial charge on any atom is -0.368 e. The van der Waals surface area contributed by atoms with E-state index in [1.807, 2.05) is 0 Å². The topological polar surface area (TPSA) is 116 Å². The van der Waals surface area contributed by atoms with E-state index < -0.39 is 5.91 Å². The van der Waals surface area contributed by atoms with Crippen molar-refractivity contribution in [3.63, 3.8) is 0 Å². The summed E-state index contributed by atoms with van der Waals surface area (Å²) >= 11 is 6.04. The Bertz CT molecular complexity index is 669. The van der Waals surface area contributed by atoms with Crippen LogP contribution in [0.1, 0.15) is 6.92 Å². The second kappa shape index (κ2) is 5.66. The minimum absolute atomic E-state index is 0.148. The number of nitrogens with zero attached hydrogens (tertiary/aromatic N) is 4. The maximum atomic E-state index is 11.0. The van der Waals surface area contributed by atoms with E-state index in [2.05, 4.69) is 20.7 Å². The molecule has 2 aromatic rings. The minimum atomic E-state index is -0.562. The van der Waals surface area contributed by atoms with E-state index in [1.165, 1.54) is 6.92 Å². The lowest BCUT2D eigenvalue weighted by Gasteiger charge is -2.05. The highest BCUT2D eigenvalue weighted by Crippen LogP contribution is 2.26. The first-order valence-corrected chi connectivity index (χ1v) is 5.97. The van der Waals surface area contributed by atoms with Crippen molar-refractivity contribution < 1.29 is 9.59 Å². The van der Waals surface area contributed by atoms with Crippen molar-refractivity contribution in [1.29, 1.82) is 0 Å². The van der Waals surface area contributed by atoms with Crippen molar-refractivity contribution in [2.75, 3.05) is 5.32 Å². The fourth-order valence-electron chi connectivity index (χ4n) is 1.51. The van der Waals surface area contributed by atoms with E-state index in [1.54, 1.807) is 18.2 Å². The summed E-state index contributed by atoms with van der Waals surface area (Å²) in [5.41, 5.74) is 6.14. The van der Waals surface area contributed by atoms with Crippen LogP contribution in [0.2, 0.25) is 5.02 Å². The Balaban J connectivity index is 2.25. The molecule has 1 aromatic carbocycles. The van der Waals surface area contributed by atoms with Gasteiger partial charge in [-0.25, -0.2) is 0 Å². The number of halogens is 1. The number of hydrogen-bond acceptors (Lipinski definition) is 5. The molecule has 20 heavy (non-hydrogen) atoms. The second-order valence-electron chi connectivity index (χ2n) is 3.99. The molecule has 2 rings (SSSR count). The first kappa shape index (κ1) is 13.9. The molecule has 0 saturated heterocycles. The zero-order valence-electron chi connectivity index (χ0n) is 10.5. The predicted octanol–water partition coefficient (Wildman–Crippen LogP) is 0.437. The highest BCUT2D eigenvalue weighted by Gasteiger charge is 2.10. The third-order valence-corrected chi connectivity index (χ3v) is 2.60. The third kappa shape index (κ3) is 3.29. The van der Waals surface area contributed by atoms with Crippen LogP contribution in [0.3, 0.4) is 0 Å². The van der Waals surface area contributed by atoms with Gasteiger partial charge in [-0.05, 0) is 23.4 Å². The number of primary amides is 1. The quantitative estimate of drug-likeness (QED) is 0.848. The lowest BCUT2D eigenvalue weighted by atomic mass is 10.2. The largest absolute Gasteiger partial charge is 0.368 e. The Morgan fingerprint density at radius 2 is 2.20 bits per heavy atom. The molecule has 9 heteroatoms. The molecular weight excluding hydrogens is 284 g/mol. The summed E-state index contributed by atoms with van der Waals surface area (Å²) in [4.78, 5) is 22.8. The van der Waals surface area contributed by atoms with Crippen LogP contribution in [0, 0.1) is 0 Å². The molecule has 2 amide bonds.